The number of phenols is 5. The topological polar surface area (TPSA) is 237 Å². The normalized spacial score (nSPS) is 21.8. The van der Waals surface area contributed by atoms with Crippen LogP contribution in [0.15, 0.2) is 69.9 Å². The number of carbonyl (C=O) groups excluding carboxylic acids is 1. The molecule has 5 rings (SSSR count). The number of carbonyl (C=O) groups is 1. The summed E-state index contributed by atoms with van der Waals surface area (Å²) in [5.41, 5.74) is -0.210. The average Bonchev–Trinajstić information content (AvgIpc) is 2.98. The van der Waals surface area contributed by atoms with Crippen molar-refractivity contribution in [1.29, 1.82) is 0 Å². The predicted octanol–water partition coefficient (Wildman–Crippen LogP) is 1.43. The van der Waals surface area contributed by atoms with Crippen LogP contribution in [-0.4, -0.2) is 84.1 Å². The summed E-state index contributed by atoms with van der Waals surface area (Å²) in [4.78, 5) is 25.1. The molecule has 1 saturated heterocycles. The first kappa shape index (κ1) is 30.2. The molecule has 14 heteroatoms. The van der Waals surface area contributed by atoms with E-state index in [2.05, 4.69) is 0 Å². The minimum atomic E-state index is -1.83. The Labute approximate surface area is 247 Å². The maximum Gasteiger partial charge on any atom is 0.331 e. The van der Waals surface area contributed by atoms with Crippen molar-refractivity contribution < 1.29 is 64.3 Å². The molecular weight excluding hydrogens is 584 g/mol. The summed E-state index contributed by atoms with van der Waals surface area (Å²) < 4.78 is 22.1. The lowest BCUT2D eigenvalue weighted by molar-refractivity contribution is -0.280. The van der Waals surface area contributed by atoms with Gasteiger partial charge in [-0.1, -0.05) is 6.07 Å². The summed E-state index contributed by atoms with van der Waals surface area (Å²) in [5, 5.41) is 80.0. The molecule has 5 unspecified atom stereocenters. The molecule has 0 spiro atoms. The van der Waals surface area contributed by atoms with Gasteiger partial charge in [0.1, 0.15) is 46.5 Å². The van der Waals surface area contributed by atoms with Crippen molar-refractivity contribution >= 4 is 23.0 Å². The smallest absolute Gasteiger partial charge is 0.331 e. The molecule has 1 aliphatic heterocycles. The highest BCUT2D eigenvalue weighted by Crippen LogP contribution is 2.35. The van der Waals surface area contributed by atoms with Crippen molar-refractivity contribution in [1.82, 2.24) is 0 Å². The number of aliphatic hydroxyl groups is 3. The Kier molecular flexibility index (Phi) is 8.33. The highest BCUT2D eigenvalue weighted by atomic mass is 16.7. The van der Waals surface area contributed by atoms with E-state index in [1.165, 1.54) is 48.5 Å². The molecule has 3 aromatic carbocycles. The quantitative estimate of drug-likeness (QED) is 0.0840. The number of hydrogen-bond donors (Lipinski definition) is 8. The Morgan fingerprint density at radius 3 is 2.23 bits per heavy atom. The van der Waals surface area contributed by atoms with Crippen LogP contribution in [0.1, 0.15) is 5.56 Å². The van der Waals surface area contributed by atoms with Gasteiger partial charge < -0.3 is 59.5 Å². The maximum atomic E-state index is 12.7. The van der Waals surface area contributed by atoms with E-state index in [1.54, 1.807) is 0 Å². The van der Waals surface area contributed by atoms with Crippen LogP contribution >= 0.6 is 0 Å². The van der Waals surface area contributed by atoms with Crippen LogP contribution in [0.4, 0.5) is 0 Å². The average molecular weight is 611 g/mol. The molecule has 0 bridgehead atoms. The zero-order valence-electron chi connectivity index (χ0n) is 22.5. The SMILES string of the molecule is O=C(C=Cc1ccc(O)c(O)c1)OC1C(CO)OC(Oc2cc(O)c3c(=O)cc(-c4ccc(O)c(O)c4)oc3c2)C(O)C1O. The second kappa shape index (κ2) is 12.1. The van der Waals surface area contributed by atoms with E-state index in [9.17, 15) is 50.4 Å². The van der Waals surface area contributed by atoms with Gasteiger partial charge in [0.05, 0.1) is 6.61 Å². The number of ether oxygens (including phenoxy) is 3. The molecule has 14 nitrogen and oxygen atoms in total. The van der Waals surface area contributed by atoms with Gasteiger partial charge >= 0.3 is 5.97 Å². The van der Waals surface area contributed by atoms with Crippen molar-refractivity contribution in [2.24, 2.45) is 0 Å². The van der Waals surface area contributed by atoms with E-state index in [4.69, 9.17) is 18.6 Å². The summed E-state index contributed by atoms with van der Waals surface area (Å²) in [7, 11) is 0. The molecule has 8 N–H and O–H groups in total. The van der Waals surface area contributed by atoms with Crippen molar-refractivity contribution in [2.45, 2.75) is 30.7 Å². The van der Waals surface area contributed by atoms with Gasteiger partial charge in [0.2, 0.25) is 6.29 Å². The van der Waals surface area contributed by atoms with Gasteiger partial charge in [-0.3, -0.25) is 4.79 Å². The zero-order chi connectivity index (χ0) is 31.7. The number of esters is 1. The standard InChI is InChI=1S/C30H26O14/c31-12-24-29(44-25(38)6-2-13-1-4-16(32)18(34)7-13)27(39)28(40)30(43-24)41-15-9-20(36)26-21(37)11-22(42-23(26)10-15)14-3-5-17(33)19(35)8-14/h1-11,24,27-36,39-40H,12H2. The van der Waals surface area contributed by atoms with Gasteiger partial charge in [0, 0.05) is 29.8 Å². The molecule has 2 heterocycles. The molecule has 1 aromatic heterocycles. The van der Waals surface area contributed by atoms with Gasteiger partial charge in [0.15, 0.2) is 34.5 Å². The molecule has 44 heavy (non-hydrogen) atoms. The van der Waals surface area contributed by atoms with Crippen molar-refractivity contribution in [3.63, 3.8) is 0 Å². The largest absolute Gasteiger partial charge is 0.507 e. The monoisotopic (exact) mass is 610 g/mol. The van der Waals surface area contributed by atoms with E-state index in [-0.39, 0.29) is 39.5 Å². The number of aliphatic hydroxyl groups excluding tert-OH is 3. The van der Waals surface area contributed by atoms with Gasteiger partial charge in [-0.25, -0.2) is 4.79 Å². The molecule has 1 fully saturated rings. The minimum absolute atomic E-state index is 0.0139. The van der Waals surface area contributed by atoms with Crippen LogP contribution in [0.3, 0.4) is 0 Å². The van der Waals surface area contributed by atoms with Crippen LogP contribution in [0.2, 0.25) is 0 Å². The Bertz CT molecular complexity index is 1790. The van der Waals surface area contributed by atoms with Gasteiger partial charge in [-0.05, 0) is 42.0 Å². The fourth-order valence-electron chi connectivity index (χ4n) is 4.54. The first-order valence-electron chi connectivity index (χ1n) is 13.0. The molecule has 0 aliphatic carbocycles. The van der Waals surface area contributed by atoms with Crippen molar-refractivity contribution in [3.05, 3.63) is 76.5 Å². The fraction of sp³-hybridized carbons (Fsp3) is 0.200. The molecule has 230 valence electrons. The highest BCUT2D eigenvalue weighted by Gasteiger charge is 2.47. The van der Waals surface area contributed by atoms with Crippen molar-refractivity contribution in [3.8, 4) is 45.8 Å². The maximum absolute atomic E-state index is 12.7. The predicted molar refractivity (Wildman–Crippen MR) is 150 cm³/mol. The molecule has 4 aromatic rings. The molecule has 5 atom stereocenters. The number of hydrogen-bond acceptors (Lipinski definition) is 14. The van der Waals surface area contributed by atoms with Crippen LogP contribution in [0, 0.1) is 0 Å². The van der Waals surface area contributed by atoms with Gasteiger partial charge in [0.25, 0.3) is 0 Å². The van der Waals surface area contributed by atoms with Gasteiger partial charge in [-0.15, -0.1) is 0 Å². The molecule has 1 aliphatic rings. The van der Waals surface area contributed by atoms with E-state index in [0.29, 0.717) is 5.56 Å². The fourth-order valence-corrected chi connectivity index (χ4v) is 4.54. The summed E-state index contributed by atoms with van der Waals surface area (Å²) >= 11 is 0. The van der Waals surface area contributed by atoms with Crippen LogP contribution in [0.5, 0.6) is 34.5 Å². The highest BCUT2D eigenvalue weighted by molar-refractivity contribution is 5.87. The number of benzene rings is 3. The molecule has 0 radical (unpaired) electrons. The van der Waals surface area contributed by atoms with E-state index < -0.39 is 66.0 Å². The summed E-state index contributed by atoms with van der Waals surface area (Å²) in [6.07, 6.45) is -5.96. The Balaban J connectivity index is 1.34. The third-order valence-corrected chi connectivity index (χ3v) is 6.78. The number of aromatic hydroxyl groups is 5. The Hall–Kier alpha value is -5.28. The Morgan fingerprint density at radius 2 is 1.55 bits per heavy atom. The van der Waals surface area contributed by atoms with Crippen LogP contribution in [0.25, 0.3) is 28.4 Å². The summed E-state index contributed by atoms with van der Waals surface area (Å²) in [6.45, 7) is -0.766. The van der Waals surface area contributed by atoms with E-state index in [0.717, 1.165) is 18.2 Å². The van der Waals surface area contributed by atoms with Crippen molar-refractivity contribution in [2.75, 3.05) is 6.61 Å². The lowest BCUT2D eigenvalue weighted by atomic mass is 9.99. The molecule has 0 amide bonds. The zero-order valence-corrected chi connectivity index (χ0v) is 22.5. The lowest BCUT2D eigenvalue weighted by Crippen LogP contribution is -2.61. The Morgan fingerprint density at radius 1 is 0.841 bits per heavy atom. The van der Waals surface area contributed by atoms with E-state index >= 15 is 0 Å². The summed E-state index contributed by atoms with van der Waals surface area (Å²) in [5.74, 6) is -3.32. The molecular formula is C30H26O14. The first-order valence-corrected chi connectivity index (χ1v) is 13.0. The number of rotatable bonds is 7. The second-order valence-electron chi connectivity index (χ2n) is 9.80. The lowest BCUT2D eigenvalue weighted by Gasteiger charge is -2.41. The summed E-state index contributed by atoms with van der Waals surface area (Å²) in [6, 6.07) is 10.9. The van der Waals surface area contributed by atoms with Gasteiger partial charge in [-0.2, -0.15) is 0 Å². The minimum Gasteiger partial charge on any atom is -0.507 e. The third-order valence-electron chi connectivity index (χ3n) is 6.78. The first-order chi connectivity index (χ1) is 20.9. The van der Waals surface area contributed by atoms with E-state index in [1.807, 2.05) is 0 Å². The third kappa shape index (κ3) is 6.09. The number of phenolic OH excluding ortho intramolecular Hbond substituents is 5. The second-order valence-corrected chi connectivity index (χ2v) is 9.80. The van der Waals surface area contributed by atoms with Crippen LogP contribution < -0.4 is 10.2 Å². The molecule has 0 saturated carbocycles. The van der Waals surface area contributed by atoms with Crippen LogP contribution in [-0.2, 0) is 14.3 Å². The number of fused-ring (bicyclic) bond motifs is 1.